The van der Waals surface area contributed by atoms with Crippen molar-refractivity contribution in [2.75, 3.05) is 26.3 Å². The van der Waals surface area contributed by atoms with E-state index in [9.17, 15) is 4.79 Å². The second-order valence-corrected chi connectivity index (χ2v) is 6.97. The predicted molar refractivity (Wildman–Crippen MR) is 86.4 cm³/mol. The summed E-state index contributed by atoms with van der Waals surface area (Å²) in [6.07, 6.45) is 0.0293. The fraction of sp³-hybridized carbons (Fsp3) is 0.562. The van der Waals surface area contributed by atoms with Crippen molar-refractivity contribution in [1.82, 2.24) is 15.1 Å². The highest BCUT2D eigenvalue weighted by Gasteiger charge is 2.48. The monoisotopic (exact) mass is 349 g/mol. The molecule has 24 heavy (non-hydrogen) atoms. The Morgan fingerprint density at radius 1 is 1.46 bits per heavy atom. The van der Waals surface area contributed by atoms with Gasteiger partial charge in [0, 0.05) is 25.9 Å². The molecule has 0 aliphatic carbocycles. The zero-order chi connectivity index (χ0) is 16.7. The van der Waals surface area contributed by atoms with Gasteiger partial charge in [-0.25, -0.2) is 0 Å². The average molecular weight is 349 g/mol. The summed E-state index contributed by atoms with van der Waals surface area (Å²) in [5, 5.41) is 9.92. The summed E-state index contributed by atoms with van der Waals surface area (Å²) in [5.74, 6) is 2.09. The molecule has 4 heterocycles. The molecule has 0 bridgehead atoms. The minimum absolute atomic E-state index is 0.00640. The number of hydrogen-bond donors (Lipinski definition) is 0. The first-order valence-corrected chi connectivity index (χ1v) is 8.96. The molecule has 0 aromatic carbocycles. The molecule has 0 saturated carbocycles. The van der Waals surface area contributed by atoms with Crippen molar-refractivity contribution in [2.45, 2.75) is 25.9 Å². The van der Waals surface area contributed by atoms with E-state index in [0.717, 1.165) is 0 Å². The van der Waals surface area contributed by atoms with Crippen molar-refractivity contribution >= 4 is 17.2 Å². The first-order chi connectivity index (χ1) is 11.7. The summed E-state index contributed by atoms with van der Waals surface area (Å²) in [6, 6.07) is 1.85. The number of likely N-dealkylation sites (tertiary alicyclic amines) is 1. The molecule has 7 nitrogen and oxygen atoms in total. The number of fused-ring (bicyclic) bond motifs is 1. The van der Waals surface area contributed by atoms with E-state index in [2.05, 4.69) is 10.2 Å². The maximum absolute atomic E-state index is 12.8. The minimum Gasteiger partial charge on any atom is -0.492 e. The molecule has 2 aliphatic rings. The lowest BCUT2D eigenvalue weighted by Crippen LogP contribution is -2.30. The highest BCUT2D eigenvalue weighted by Crippen LogP contribution is 2.40. The molecule has 2 saturated heterocycles. The number of carbonyl (C=O) groups excluding carboxylic acids is 1. The van der Waals surface area contributed by atoms with Gasteiger partial charge < -0.3 is 18.8 Å². The van der Waals surface area contributed by atoms with E-state index in [-0.39, 0.29) is 23.8 Å². The Hall–Kier alpha value is -1.93. The third kappa shape index (κ3) is 2.59. The number of carbonyl (C=O) groups is 1. The molecule has 2 aromatic heterocycles. The van der Waals surface area contributed by atoms with E-state index in [4.69, 9.17) is 13.9 Å². The molecule has 4 rings (SSSR count). The zero-order valence-corrected chi connectivity index (χ0v) is 14.4. The van der Waals surface area contributed by atoms with Crippen molar-refractivity contribution in [3.63, 3.8) is 0 Å². The van der Waals surface area contributed by atoms with Crippen LogP contribution in [-0.2, 0) is 4.74 Å². The van der Waals surface area contributed by atoms with E-state index in [1.165, 1.54) is 11.3 Å². The van der Waals surface area contributed by atoms with Gasteiger partial charge in [-0.15, -0.1) is 21.5 Å². The summed E-state index contributed by atoms with van der Waals surface area (Å²) in [4.78, 5) is 15.3. The lowest BCUT2D eigenvalue weighted by atomic mass is 9.93. The molecule has 3 atom stereocenters. The van der Waals surface area contributed by atoms with Gasteiger partial charge in [0.1, 0.15) is 10.6 Å². The van der Waals surface area contributed by atoms with Crippen LogP contribution in [0.4, 0.5) is 0 Å². The summed E-state index contributed by atoms with van der Waals surface area (Å²) in [6.45, 7) is 6.04. The molecular weight excluding hydrogens is 330 g/mol. The normalized spacial score (nSPS) is 25.9. The number of hydrogen-bond acceptors (Lipinski definition) is 7. The number of aryl methyl sites for hydroxylation is 1. The molecule has 0 unspecified atom stereocenters. The lowest BCUT2D eigenvalue weighted by molar-refractivity contribution is 0.0687. The van der Waals surface area contributed by atoms with Gasteiger partial charge in [-0.1, -0.05) is 0 Å². The second kappa shape index (κ2) is 6.18. The van der Waals surface area contributed by atoms with E-state index < -0.39 is 0 Å². The second-order valence-electron chi connectivity index (χ2n) is 6.06. The van der Waals surface area contributed by atoms with E-state index >= 15 is 0 Å². The Morgan fingerprint density at radius 2 is 2.33 bits per heavy atom. The van der Waals surface area contributed by atoms with Gasteiger partial charge in [-0.3, -0.25) is 4.79 Å². The number of thiophene rings is 1. The van der Waals surface area contributed by atoms with Crippen LogP contribution in [0.25, 0.3) is 0 Å². The molecule has 2 aromatic rings. The largest absolute Gasteiger partial charge is 0.492 e. The van der Waals surface area contributed by atoms with Gasteiger partial charge in [0.25, 0.3) is 5.91 Å². The molecule has 0 N–H and O–H groups in total. The van der Waals surface area contributed by atoms with Crippen molar-refractivity contribution in [3.05, 3.63) is 28.1 Å². The summed E-state index contributed by atoms with van der Waals surface area (Å²) < 4.78 is 17.0. The first kappa shape index (κ1) is 15.6. The van der Waals surface area contributed by atoms with E-state index in [1.807, 2.05) is 23.3 Å². The number of amides is 1. The molecule has 8 heteroatoms. The Kier molecular flexibility index (Phi) is 4.01. The lowest BCUT2D eigenvalue weighted by Gasteiger charge is -2.18. The SMILES string of the molecule is CCOc1ccsc1C(=O)N1C[C@@H]2[C@H](C1)OC[C@@H]2c1nnc(C)o1. The van der Waals surface area contributed by atoms with Crippen LogP contribution in [0.2, 0.25) is 0 Å². The van der Waals surface area contributed by atoms with Crippen LogP contribution >= 0.6 is 11.3 Å². The Bertz CT molecular complexity index is 743. The molecular formula is C16H19N3O4S. The quantitative estimate of drug-likeness (QED) is 0.841. The molecule has 0 spiro atoms. The fourth-order valence-corrected chi connectivity index (χ4v) is 4.26. The van der Waals surface area contributed by atoms with Crippen LogP contribution in [0, 0.1) is 12.8 Å². The third-order valence-corrected chi connectivity index (χ3v) is 5.47. The van der Waals surface area contributed by atoms with Gasteiger partial charge in [-0.05, 0) is 18.4 Å². The minimum atomic E-state index is 0.00640. The van der Waals surface area contributed by atoms with Crippen molar-refractivity contribution < 1.29 is 18.7 Å². The van der Waals surface area contributed by atoms with Crippen LogP contribution in [0.5, 0.6) is 5.75 Å². The van der Waals surface area contributed by atoms with Gasteiger partial charge in [-0.2, -0.15) is 0 Å². The molecule has 1 amide bonds. The number of nitrogens with zero attached hydrogens (tertiary/aromatic N) is 3. The Morgan fingerprint density at radius 3 is 3.08 bits per heavy atom. The smallest absolute Gasteiger partial charge is 0.267 e. The highest BCUT2D eigenvalue weighted by molar-refractivity contribution is 7.12. The van der Waals surface area contributed by atoms with E-state index in [1.54, 1.807) is 6.92 Å². The van der Waals surface area contributed by atoms with Crippen LogP contribution in [0.1, 0.15) is 34.3 Å². The van der Waals surface area contributed by atoms with Crippen LogP contribution in [0.15, 0.2) is 15.9 Å². The predicted octanol–water partition coefficient (Wildman–Crippen LogP) is 2.09. The fourth-order valence-electron chi connectivity index (χ4n) is 3.46. The first-order valence-electron chi connectivity index (χ1n) is 8.08. The van der Waals surface area contributed by atoms with Crippen LogP contribution in [0.3, 0.4) is 0 Å². The summed E-state index contributed by atoms with van der Waals surface area (Å²) in [5.41, 5.74) is 0. The molecule has 2 fully saturated rings. The van der Waals surface area contributed by atoms with Gasteiger partial charge in [0.2, 0.25) is 11.8 Å². The van der Waals surface area contributed by atoms with Gasteiger partial charge >= 0.3 is 0 Å². The van der Waals surface area contributed by atoms with Gasteiger partial charge in [0.05, 0.1) is 25.2 Å². The highest BCUT2D eigenvalue weighted by atomic mass is 32.1. The Labute approximate surface area is 143 Å². The number of ether oxygens (including phenoxy) is 2. The van der Waals surface area contributed by atoms with Crippen molar-refractivity contribution in [2.24, 2.45) is 5.92 Å². The zero-order valence-electron chi connectivity index (χ0n) is 13.6. The average Bonchev–Trinajstić information content (AvgIpc) is 3.29. The van der Waals surface area contributed by atoms with E-state index in [0.29, 0.717) is 48.7 Å². The number of aromatic nitrogens is 2. The van der Waals surface area contributed by atoms with Crippen molar-refractivity contribution in [3.8, 4) is 5.75 Å². The summed E-state index contributed by atoms with van der Waals surface area (Å²) in [7, 11) is 0. The third-order valence-electron chi connectivity index (χ3n) is 4.59. The molecule has 0 radical (unpaired) electrons. The Balaban J connectivity index is 1.50. The number of rotatable bonds is 4. The summed E-state index contributed by atoms with van der Waals surface area (Å²) >= 11 is 1.42. The topological polar surface area (TPSA) is 77.7 Å². The van der Waals surface area contributed by atoms with Crippen LogP contribution < -0.4 is 4.74 Å². The van der Waals surface area contributed by atoms with Gasteiger partial charge in [0.15, 0.2) is 0 Å². The molecule has 2 aliphatic heterocycles. The van der Waals surface area contributed by atoms with Crippen molar-refractivity contribution in [1.29, 1.82) is 0 Å². The maximum Gasteiger partial charge on any atom is 0.267 e. The molecule has 128 valence electrons. The maximum atomic E-state index is 12.8. The van der Waals surface area contributed by atoms with Crippen LogP contribution in [-0.4, -0.2) is 53.4 Å². The standard InChI is InChI=1S/C16H19N3O4S/c1-3-21-12-4-5-24-14(12)16(20)19-6-10-11(8-22-13(10)7-19)15-18-17-9(2)23-15/h4-5,10-11,13H,3,6-8H2,1-2H3/t10-,11-,13-/m0/s1.